The van der Waals surface area contributed by atoms with E-state index in [0.717, 1.165) is 18.4 Å². The highest BCUT2D eigenvalue weighted by Gasteiger charge is 2.47. The monoisotopic (exact) mass is 489 g/mol. The van der Waals surface area contributed by atoms with E-state index in [2.05, 4.69) is 4.98 Å². The Kier molecular flexibility index (Phi) is 5.58. The molecular weight excluding hydrogens is 469 g/mol. The van der Waals surface area contributed by atoms with Gasteiger partial charge in [-0.15, -0.1) is 0 Å². The fourth-order valence-electron chi connectivity index (χ4n) is 4.58. The molecule has 172 valence electrons. The maximum absolute atomic E-state index is 12.8. The van der Waals surface area contributed by atoms with Crippen LogP contribution in [-0.4, -0.2) is 53.0 Å². The van der Waals surface area contributed by atoms with Gasteiger partial charge in [0, 0.05) is 47.2 Å². The normalized spacial score (nSPS) is 17.3. The van der Waals surface area contributed by atoms with Crippen molar-refractivity contribution in [3.8, 4) is 0 Å². The summed E-state index contributed by atoms with van der Waals surface area (Å²) in [6.07, 6.45) is 1.25. The zero-order valence-corrected chi connectivity index (χ0v) is 19.1. The molecule has 10 heteroatoms. The quantitative estimate of drug-likeness (QED) is 0.591. The van der Waals surface area contributed by atoms with E-state index in [0.29, 0.717) is 52.9 Å². The van der Waals surface area contributed by atoms with E-state index in [-0.39, 0.29) is 24.0 Å². The molecule has 2 amide bonds. The van der Waals surface area contributed by atoms with Gasteiger partial charge in [-0.3, -0.25) is 9.78 Å². The summed E-state index contributed by atoms with van der Waals surface area (Å²) >= 11 is 12.0. The largest absolute Gasteiger partial charge is 0.445 e. The third-order valence-electron chi connectivity index (χ3n) is 6.37. The minimum absolute atomic E-state index is 0.0255. The van der Waals surface area contributed by atoms with E-state index < -0.39 is 5.76 Å². The standard InChI is InChI=1S/C23H21Cl2N3O5/c24-16-7-14(8-17(25)10-16)11-32-22(31)27-5-3-23(4-6-27)12-28(13-23)20(29)15-1-2-18-19(9-15)33-21(30)26-18/h1-2,7-10H,3-6,11-13H2,(H,26,30). The fraction of sp³-hybridized carbons (Fsp3) is 0.348. The first-order valence-corrected chi connectivity index (χ1v) is 11.3. The number of nitrogens with zero attached hydrogens (tertiary/aromatic N) is 2. The van der Waals surface area contributed by atoms with Crippen molar-refractivity contribution in [1.29, 1.82) is 0 Å². The van der Waals surface area contributed by atoms with E-state index in [9.17, 15) is 14.4 Å². The van der Waals surface area contributed by atoms with Crippen molar-refractivity contribution >= 4 is 46.3 Å². The topological polar surface area (TPSA) is 95.9 Å². The third kappa shape index (κ3) is 4.45. The fourth-order valence-corrected chi connectivity index (χ4v) is 5.15. The van der Waals surface area contributed by atoms with Crippen LogP contribution in [-0.2, 0) is 11.3 Å². The molecule has 1 N–H and O–H groups in total. The van der Waals surface area contributed by atoms with Crippen LogP contribution in [0.1, 0.15) is 28.8 Å². The molecule has 2 fully saturated rings. The predicted octanol–water partition coefficient (Wildman–Crippen LogP) is 4.30. The molecule has 1 aromatic heterocycles. The molecule has 5 rings (SSSR count). The second-order valence-corrected chi connectivity index (χ2v) is 9.58. The maximum atomic E-state index is 12.8. The number of fused-ring (bicyclic) bond motifs is 1. The number of H-pyrrole nitrogens is 1. The van der Waals surface area contributed by atoms with Crippen LogP contribution in [0.25, 0.3) is 11.1 Å². The molecule has 2 aromatic carbocycles. The molecule has 8 nitrogen and oxygen atoms in total. The molecule has 0 radical (unpaired) electrons. The molecule has 0 atom stereocenters. The number of carbonyl (C=O) groups is 2. The number of likely N-dealkylation sites (tertiary alicyclic amines) is 2. The van der Waals surface area contributed by atoms with Gasteiger partial charge in [-0.25, -0.2) is 9.59 Å². The Hall–Kier alpha value is -2.97. The Balaban J connectivity index is 1.12. The van der Waals surface area contributed by atoms with Gasteiger partial charge >= 0.3 is 11.8 Å². The van der Waals surface area contributed by atoms with E-state index in [1.165, 1.54) is 0 Å². The zero-order chi connectivity index (χ0) is 23.2. The van der Waals surface area contributed by atoms with Crippen molar-refractivity contribution in [1.82, 2.24) is 14.8 Å². The first kappa shape index (κ1) is 21.9. The Morgan fingerprint density at radius 1 is 1.03 bits per heavy atom. The van der Waals surface area contributed by atoms with E-state index in [4.69, 9.17) is 32.4 Å². The van der Waals surface area contributed by atoms with Gasteiger partial charge in [0.15, 0.2) is 5.58 Å². The second-order valence-electron chi connectivity index (χ2n) is 8.71. The molecule has 0 bridgehead atoms. The second kappa shape index (κ2) is 8.43. The van der Waals surface area contributed by atoms with Crippen LogP contribution in [0, 0.1) is 5.41 Å². The number of nitrogens with one attached hydrogen (secondary N) is 1. The molecule has 2 aliphatic rings. The number of ether oxygens (including phenoxy) is 1. The highest BCUT2D eigenvalue weighted by Crippen LogP contribution is 2.41. The lowest BCUT2D eigenvalue weighted by Gasteiger charge is -2.53. The van der Waals surface area contributed by atoms with Crippen molar-refractivity contribution in [3.63, 3.8) is 0 Å². The molecule has 1 spiro atoms. The maximum Gasteiger partial charge on any atom is 0.417 e. The van der Waals surface area contributed by atoms with Crippen LogP contribution in [0.2, 0.25) is 10.0 Å². The number of hydrogen-bond donors (Lipinski definition) is 1. The van der Waals surface area contributed by atoms with Crippen LogP contribution < -0.4 is 5.76 Å². The highest BCUT2D eigenvalue weighted by atomic mass is 35.5. The summed E-state index contributed by atoms with van der Waals surface area (Å²) in [5.41, 5.74) is 2.18. The molecule has 0 unspecified atom stereocenters. The lowest BCUT2D eigenvalue weighted by Crippen LogP contribution is -2.62. The number of oxazole rings is 1. The summed E-state index contributed by atoms with van der Waals surface area (Å²) in [5, 5.41) is 0.991. The van der Waals surface area contributed by atoms with Gasteiger partial charge in [-0.05, 0) is 54.8 Å². The molecule has 3 aromatic rings. The number of aromatic amines is 1. The van der Waals surface area contributed by atoms with Crippen LogP contribution in [0.5, 0.6) is 0 Å². The van der Waals surface area contributed by atoms with E-state index >= 15 is 0 Å². The lowest BCUT2D eigenvalue weighted by molar-refractivity contribution is -0.0319. The number of rotatable bonds is 3. The number of hydrogen-bond acceptors (Lipinski definition) is 5. The Bertz CT molecular complexity index is 1260. The van der Waals surface area contributed by atoms with Crippen molar-refractivity contribution < 1.29 is 18.7 Å². The Labute approximate surface area is 199 Å². The van der Waals surface area contributed by atoms with Gasteiger partial charge in [-0.2, -0.15) is 0 Å². The molecule has 33 heavy (non-hydrogen) atoms. The van der Waals surface area contributed by atoms with Crippen LogP contribution in [0.4, 0.5) is 4.79 Å². The van der Waals surface area contributed by atoms with Gasteiger partial charge < -0.3 is 19.0 Å². The first-order valence-electron chi connectivity index (χ1n) is 10.6. The number of benzene rings is 2. The van der Waals surface area contributed by atoms with Gasteiger partial charge in [-0.1, -0.05) is 23.2 Å². The summed E-state index contributed by atoms with van der Waals surface area (Å²) < 4.78 is 10.5. The van der Waals surface area contributed by atoms with E-state index in [1.807, 2.05) is 0 Å². The van der Waals surface area contributed by atoms with E-state index in [1.54, 1.807) is 46.2 Å². The minimum Gasteiger partial charge on any atom is -0.445 e. The summed E-state index contributed by atoms with van der Waals surface area (Å²) in [6, 6.07) is 10.0. The summed E-state index contributed by atoms with van der Waals surface area (Å²) in [6.45, 7) is 2.56. The average molecular weight is 490 g/mol. The number of carbonyl (C=O) groups excluding carboxylic acids is 2. The molecule has 2 saturated heterocycles. The number of amides is 2. The van der Waals surface area contributed by atoms with Gasteiger partial charge in [0.1, 0.15) is 6.61 Å². The van der Waals surface area contributed by atoms with Crippen LogP contribution in [0.3, 0.4) is 0 Å². The SMILES string of the molecule is O=C(OCc1cc(Cl)cc(Cl)c1)N1CCC2(CC1)CN(C(=O)c1ccc3[nH]c(=O)oc3c1)C2. The molecule has 0 aliphatic carbocycles. The molecule has 3 heterocycles. The summed E-state index contributed by atoms with van der Waals surface area (Å²) in [4.78, 5) is 42.7. The lowest BCUT2D eigenvalue weighted by atomic mass is 9.72. The average Bonchev–Trinajstić information content (AvgIpc) is 3.14. The van der Waals surface area contributed by atoms with Gasteiger partial charge in [0.2, 0.25) is 0 Å². The molecule has 2 aliphatic heterocycles. The third-order valence-corrected chi connectivity index (χ3v) is 6.81. The summed E-state index contributed by atoms with van der Waals surface area (Å²) in [7, 11) is 0. The van der Waals surface area contributed by atoms with Crippen molar-refractivity contribution in [3.05, 3.63) is 68.1 Å². The first-order chi connectivity index (χ1) is 15.8. The molecule has 0 saturated carbocycles. The van der Waals surface area contributed by atoms with Crippen LogP contribution in [0.15, 0.2) is 45.6 Å². The Morgan fingerprint density at radius 2 is 1.73 bits per heavy atom. The molecular formula is C23H21Cl2N3O5. The zero-order valence-electron chi connectivity index (χ0n) is 17.6. The van der Waals surface area contributed by atoms with Crippen molar-refractivity contribution in [2.24, 2.45) is 5.41 Å². The predicted molar refractivity (Wildman–Crippen MR) is 123 cm³/mol. The highest BCUT2D eigenvalue weighted by molar-refractivity contribution is 6.34. The van der Waals surface area contributed by atoms with Crippen LogP contribution >= 0.6 is 23.2 Å². The minimum atomic E-state index is -0.542. The van der Waals surface area contributed by atoms with Crippen molar-refractivity contribution in [2.45, 2.75) is 19.4 Å². The van der Waals surface area contributed by atoms with Gasteiger partial charge in [0.25, 0.3) is 5.91 Å². The smallest absolute Gasteiger partial charge is 0.417 e. The number of aromatic nitrogens is 1. The summed E-state index contributed by atoms with van der Waals surface area (Å²) in [5.74, 6) is -0.632. The van der Waals surface area contributed by atoms with Gasteiger partial charge in [0.05, 0.1) is 5.52 Å². The number of piperidine rings is 1. The Morgan fingerprint density at radius 3 is 2.42 bits per heavy atom. The number of halogens is 2. The van der Waals surface area contributed by atoms with Crippen molar-refractivity contribution in [2.75, 3.05) is 26.2 Å².